The molecule has 158 valence electrons. The van der Waals surface area contributed by atoms with E-state index in [9.17, 15) is 14.0 Å². The first-order valence-corrected chi connectivity index (χ1v) is 10.7. The molecular formula is C23H29FN4O2+2. The Balaban J connectivity index is 1.40. The van der Waals surface area contributed by atoms with Crippen LogP contribution in [0, 0.1) is 5.82 Å². The number of carbonyl (C=O) groups is 2. The van der Waals surface area contributed by atoms with Crippen LogP contribution < -0.4 is 20.4 Å². The molecule has 1 saturated heterocycles. The minimum atomic E-state index is -0.349. The summed E-state index contributed by atoms with van der Waals surface area (Å²) in [7, 11) is 0. The molecule has 2 amide bonds. The number of hydrogen-bond donors (Lipinski definition) is 4. The van der Waals surface area contributed by atoms with Crippen molar-refractivity contribution in [2.75, 3.05) is 38.0 Å². The van der Waals surface area contributed by atoms with Gasteiger partial charge in [-0.05, 0) is 37.1 Å². The van der Waals surface area contributed by atoms with E-state index in [0.717, 1.165) is 44.6 Å². The molecule has 2 aromatic rings. The normalized spacial score (nSPS) is 22.2. The van der Waals surface area contributed by atoms with E-state index in [1.165, 1.54) is 21.9 Å². The van der Waals surface area contributed by atoms with Crippen molar-refractivity contribution in [3.8, 4) is 0 Å². The SMILES string of the molecule is O=C(C[NH+]1CC[NH+]([C@H](C(=O)Nc2ccc(F)cc2)c2ccccc2)CC1)NC1CC1. The average Bonchev–Trinajstić information content (AvgIpc) is 3.56. The van der Waals surface area contributed by atoms with Crippen LogP contribution in [0.3, 0.4) is 0 Å². The summed E-state index contributed by atoms with van der Waals surface area (Å²) in [5.41, 5.74) is 1.55. The zero-order valence-electron chi connectivity index (χ0n) is 17.0. The molecule has 6 nitrogen and oxygen atoms in total. The summed E-state index contributed by atoms with van der Waals surface area (Å²) in [4.78, 5) is 27.7. The number of hydrogen-bond acceptors (Lipinski definition) is 2. The third-order valence-electron chi connectivity index (χ3n) is 5.87. The van der Waals surface area contributed by atoms with Gasteiger partial charge >= 0.3 is 0 Å². The number of halogens is 1. The molecule has 4 rings (SSSR count). The zero-order valence-corrected chi connectivity index (χ0v) is 17.0. The molecule has 0 unspecified atom stereocenters. The first-order chi connectivity index (χ1) is 14.6. The van der Waals surface area contributed by atoms with Gasteiger partial charge in [-0.3, -0.25) is 9.59 Å². The first-order valence-electron chi connectivity index (χ1n) is 10.7. The molecule has 0 spiro atoms. The lowest BCUT2D eigenvalue weighted by Gasteiger charge is -2.34. The van der Waals surface area contributed by atoms with Crippen LogP contribution in [0.1, 0.15) is 24.4 Å². The molecule has 7 heteroatoms. The van der Waals surface area contributed by atoms with Crippen LogP contribution in [-0.4, -0.2) is 50.6 Å². The summed E-state index contributed by atoms with van der Waals surface area (Å²) < 4.78 is 13.2. The Hall–Kier alpha value is -2.77. The number of rotatable bonds is 7. The second kappa shape index (κ2) is 9.36. The van der Waals surface area contributed by atoms with Gasteiger partial charge in [-0.25, -0.2) is 4.39 Å². The van der Waals surface area contributed by atoms with E-state index < -0.39 is 0 Å². The second-order valence-corrected chi connectivity index (χ2v) is 8.27. The van der Waals surface area contributed by atoms with E-state index in [1.807, 2.05) is 30.3 Å². The van der Waals surface area contributed by atoms with E-state index >= 15 is 0 Å². The second-order valence-electron chi connectivity index (χ2n) is 8.27. The Morgan fingerprint density at radius 2 is 1.63 bits per heavy atom. The van der Waals surface area contributed by atoms with Gasteiger partial charge in [0.2, 0.25) is 0 Å². The Morgan fingerprint density at radius 1 is 0.967 bits per heavy atom. The Kier molecular flexibility index (Phi) is 6.40. The van der Waals surface area contributed by atoms with Gasteiger partial charge in [0.25, 0.3) is 11.8 Å². The van der Waals surface area contributed by atoms with Gasteiger partial charge in [-0.1, -0.05) is 30.3 Å². The highest BCUT2D eigenvalue weighted by atomic mass is 19.1. The van der Waals surface area contributed by atoms with Crippen LogP contribution >= 0.6 is 0 Å². The lowest BCUT2D eigenvalue weighted by molar-refractivity contribution is -1.02. The van der Waals surface area contributed by atoms with Crippen molar-refractivity contribution in [3.05, 3.63) is 66.0 Å². The predicted octanol–water partition coefficient (Wildman–Crippen LogP) is -0.432. The van der Waals surface area contributed by atoms with Gasteiger partial charge in [-0.15, -0.1) is 0 Å². The van der Waals surface area contributed by atoms with Crippen LogP contribution in [0.25, 0.3) is 0 Å². The van der Waals surface area contributed by atoms with Crippen LogP contribution in [0.4, 0.5) is 10.1 Å². The molecular weight excluding hydrogens is 383 g/mol. The highest BCUT2D eigenvalue weighted by Gasteiger charge is 2.36. The maximum atomic E-state index is 13.2. The quantitative estimate of drug-likeness (QED) is 0.499. The summed E-state index contributed by atoms with van der Waals surface area (Å²) in [5.74, 6) is -0.301. The lowest BCUT2D eigenvalue weighted by atomic mass is 10.0. The van der Waals surface area contributed by atoms with E-state index in [1.54, 1.807) is 12.1 Å². The lowest BCUT2D eigenvalue weighted by Crippen LogP contribution is -3.28. The van der Waals surface area contributed by atoms with E-state index in [-0.39, 0.29) is 23.7 Å². The van der Waals surface area contributed by atoms with Crippen LogP contribution in [0.2, 0.25) is 0 Å². The molecule has 1 aliphatic heterocycles. The smallest absolute Gasteiger partial charge is 0.287 e. The van der Waals surface area contributed by atoms with Crippen molar-refractivity contribution in [1.82, 2.24) is 5.32 Å². The molecule has 1 saturated carbocycles. The highest BCUT2D eigenvalue weighted by Crippen LogP contribution is 2.18. The standard InChI is InChI=1S/C23H27FN4O2/c24-18-6-8-20(9-7-18)26-23(30)22(17-4-2-1-3-5-17)28-14-12-27(13-15-28)16-21(29)25-19-10-11-19/h1-9,19,22H,10-16H2,(H,25,29)(H,26,30)/p+2/t22-/m0/s1. The van der Waals surface area contributed by atoms with Gasteiger partial charge < -0.3 is 20.4 Å². The molecule has 1 atom stereocenters. The number of carbonyl (C=O) groups excluding carboxylic acids is 2. The number of anilines is 1. The minimum absolute atomic E-state index is 0.0993. The molecule has 0 radical (unpaired) electrons. The maximum Gasteiger partial charge on any atom is 0.287 e. The van der Waals surface area contributed by atoms with Crippen molar-refractivity contribution in [1.29, 1.82) is 0 Å². The van der Waals surface area contributed by atoms with Gasteiger partial charge in [0, 0.05) is 17.3 Å². The molecule has 30 heavy (non-hydrogen) atoms. The molecule has 0 bridgehead atoms. The zero-order chi connectivity index (χ0) is 20.9. The summed E-state index contributed by atoms with van der Waals surface area (Å²) >= 11 is 0. The van der Waals surface area contributed by atoms with E-state index in [2.05, 4.69) is 10.6 Å². The topological polar surface area (TPSA) is 67.1 Å². The fourth-order valence-corrected chi connectivity index (χ4v) is 4.09. The van der Waals surface area contributed by atoms with Gasteiger partial charge in [0.1, 0.15) is 32.0 Å². The summed E-state index contributed by atoms with van der Waals surface area (Å²) in [5, 5.41) is 5.99. The van der Waals surface area contributed by atoms with Crippen LogP contribution in [0.15, 0.2) is 54.6 Å². The maximum absolute atomic E-state index is 13.2. The molecule has 2 fully saturated rings. The van der Waals surface area contributed by atoms with E-state index in [4.69, 9.17) is 0 Å². The summed E-state index contributed by atoms with van der Waals surface area (Å²) in [6, 6.07) is 15.6. The highest BCUT2D eigenvalue weighted by molar-refractivity contribution is 5.94. The fourth-order valence-electron chi connectivity index (χ4n) is 4.09. The summed E-state index contributed by atoms with van der Waals surface area (Å²) in [6.07, 6.45) is 2.20. The number of quaternary nitrogens is 2. The van der Waals surface area contributed by atoms with Crippen molar-refractivity contribution < 1.29 is 23.8 Å². The van der Waals surface area contributed by atoms with Gasteiger partial charge in [-0.2, -0.15) is 0 Å². The molecule has 1 aliphatic carbocycles. The van der Waals surface area contributed by atoms with Crippen LogP contribution in [-0.2, 0) is 9.59 Å². The van der Waals surface area contributed by atoms with Crippen molar-refractivity contribution >= 4 is 17.5 Å². The first kappa shape index (κ1) is 20.5. The largest absolute Gasteiger partial charge is 0.348 e. The number of nitrogens with one attached hydrogen (secondary N) is 4. The van der Waals surface area contributed by atoms with Crippen molar-refractivity contribution in [2.45, 2.75) is 24.9 Å². The minimum Gasteiger partial charge on any atom is -0.348 e. The Labute approximate surface area is 176 Å². The molecule has 4 N–H and O–H groups in total. The Bertz CT molecular complexity index is 863. The molecule has 2 aromatic carbocycles. The van der Waals surface area contributed by atoms with Gasteiger partial charge in [0.05, 0.1) is 0 Å². The van der Waals surface area contributed by atoms with Crippen molar-refractivity contribution in [3.63, 3.8) is 0 Å². The summed E-state index contributed by atoms with van der Waals surface area (Å²) in [6.45, 7) is 3.81. The number of benzene rings is 2. The molecule has 2 aliphatic rings. The molecule has 1 heterocycles. The van der Waals surface area contributed by atoms with Gasteiger partial charge in [0.15, 0.2) is 12.6 Å². The van der Waals surface area contributed by atoms with E-state index in [0.29, 0.717) is 18.3 Å². The number of amides is 2. The number of piperazine rings is 1. The Morgan fingerprint density at radius 3 is 2.27 bits per heavy atom. The van der Waals surface area contributed by atoms with Crippen LogP contribution in [0.5, 0.6) is 0 Å². The van der Waals surface area contributed by atoms with Crippen molar-refractivity contribution in [2.24, 2.45) is 0 Å². The predicted molar refractivity (Wildman–Crippen MR) is 112 cm³/mol. The molecule has 0 aromatic heterocycles. The average molecular weight is 413 g/mol. The third kappa shape index (κ3) is 5.43. The monoisotopic (exact) mass is 412 g/mol. The fraction of sp³-hybridized carbons (Fsp3) is 0.391. The third-order valence-corrected chi connectivity index (χ3v) is 5.87.